The minimum Gasteiger partial charge on any atom is -0.0651 e. The van der Waals surface area contributed by atoms with Crippen molar-refractivity contribution in [3.63, 3.8) is 0 Å². The predicted octanol–water partition coefficient (Wildman–Crippen LogP) is 4.92. The van der Waals surface area contributed by atoms with E-state index in [1.807, 2.05) is 0 Å². The third-order valence-corrected chi connectivity index (χ3v) is 3.20. The van der Waals surface area contributed by atoms with E-state index in [0.717, 1.165) is 0 Å². The van der Waals surface area contributed by atoms with Crippen LogP contribution in [0.15, 0.2) is 36.4 Å². The highest BCUT2D eigenvalue weighted by atomic mass is 14.1. The van der Waals surface area contributed by atoms with Crippen molar-refractivity contribution in [1.29, 1.82) is 0 Å². The molecule has 2 rings (SSSR count). The topological polar surface area (TPSA) is 0 Å². The summed E-state index contributed by atoms with van der Waals surface area (Å²) in [4.78, 5) is 0. The van der Waals surface area contributed by atoms with Crippen LogP contribution in [0.4, 0.5) is 0 Å². The maximum atomic E-state index is 2.30. The van der Waals surface area contributed by atoms with E-state index in [0.29, 0.717) is 5.92 Å². The van der Waals surface area contributed by atoms with Gasteiger partial charge in [-0.15, -0.1) is 0 Å². The third-order valence-electron chi connectivity index (χ3n) is 3.20. The summed E-state index contributed by atoms with van der Waals surface area (Å²) >= 11 is 0. The normalized spacial score (nSPS) is 11.2. The minimum absolute atomic E-state index is 0.617. The van der Waals surface area contributed by atoms with Crippen LogP contribution in [0.3, 0.4) is 0 Å². The van der Waals surface area contributed by atoms with Crippen LogP contribution < -0.4 is 0 Å². The molecule has 0 fully saturated rings. The van der Waals surface area contributed by atoms with Gasteiger partial charge in [-0.3, -0.25) is 0 Å². The highest BCUT2D eigenvalue weighted by Crippen LogP contribution is 2.28. The number of rotatable bonds is 3. The van der Waals surface area contributed by atoms with Crippen molar-refractivity contribution >= 4 is 10.8 Å². The first kappa shape index (κ1) is 11.2. The standard InChI is InChI=1S/C16H20/c1-4-7-16-14(12(2)3)11-10-13-8-5-6-9-15(13)16/h5-6,8-12H,4,7H2,1-3H3. The number of hydrogen-bond donors (Lipinski definition) is 0. The van der Waals surface area contributed by atoms with Crippen LogP contribution in [-0.4, -0.2) is 0 Å². The van der Waals surface area contributed by atoms with Crippen molar-refractivity contribution in [2.75, 3.05) is 0 Å². The van der Waals surface area contributed by atoms with Crippen LogP contribution >= 0.6 is 0 Å². The van der Waals surface area contributed by atoms with E-state index in [-0.39, 0.29) is 0 Å². The lowest BCUT2D eigenvalue weighted by Crippen LogP contribution is -1.97. The van der Waals surface area contributed by atoms with Crippen LogP contribution in [-0.2, 0) is 6.42 Å². The van der Waals surface area contributed by atoms with Crippen LogP contribution in [0.1, 0.15) is 44.2 Å². The van der Waals surface area contributed by atoms with Crippen molar-refractivity contribution in [3.05, 3.63) is 47.5 Å². The highest BCUT2D eigenvalue weighted by molar-refractivity contribution is 5.87. The minimum atomic E-state index is 0.617. The lowest BCUT2D eigenvalue weighted by molar-refractivity contribution is 0.826. The molecular formula is C16H20. The van der Waals surface area contributed by atoms with Gasteiger partial charge in [0.15, 0.2) is 0 Å². The van der Waals surface area contributed by atoms with Crippen LogP contribution in [0, 0.1) is 0 Å². The van der Waals surface area contributed by atoms with Gasteiger partial charge in [0.1, 0.15) is 0 Å². The second kappa shape index (κ2) is 4.69. The number of fused-ring (bicyclic) bond motifs is 1. The lowest BCUT2D eigenvalue weighted by atomic mass is 9.90. The molecule has 0 spiro atoms. The maximum absolute atomic E-state index is 2.30. The third kappa shape index (κ3) is 1.97. The molecule has 0 radical (unpaired) electrons. The Labute approximate surface area is 98.3 Å². The van der Waals surface area contributed by atoms with Crippen molar-refractivity contribution in [2.24, 2.45) is 0 Å². The first-order chi connectivity index (χ1) is 7.74. The summed E-state index contributed by atoms with van der Waals surface area (Å²) in [6.07, 6.45) is 2.41. The van der Waals surface area contributed by atoms with E-state index in [4.69, 9.17) is 0 Å². The first-order valence-corrected chi connectivity index (χ1v) is 6.24. The fourth-order valence-corrected chi connectivity index (χ4v) is 2.42. The maximum Gasteiger partial charge on any atom is -0.0149 e. The van der Waals surface area contributed by atoms with Gasteiger partial charge in [-0.25, -0.2) is 0 Å². The Morgan fingerprint density at radius 1 is 1.00 bits per heavy atom. The van der Waals surface area contributed by atoms with Gasteiger partial charge < -0.3 is 0 Å². The predicted molar refractivity (Wildman–Crippen MR) is 72.0 cm³/mol. The van der Waals surface area contributed by atoms with Crippen molar-refractivity contribution in [3.8, 4) is 0 Å². The van der Waals surface area contributed by atoms with Crippen molar-refractivity contribution in [2.45, 2.75) is 39.5 Å². The molecule has 0 saturated carbocycles. The summed E-state index contributed by atoms with van der Waals surface area (Å²) in [6.45, 7) is 6.82. The van der Waals surface area contributed by atoms with E-state index >= 15 is 0 Å². The highest BCUT2D eigenvalue weighted by Gasteiger charge is 2.09. The summed E-state index contributed by atoms with van der Waals surface area (Å²) in [5, 5.41) is 2.81. The Kier molecular flexibility index (Phi) is 3.28. The molecule has 0 saturated heterocycles. The van der Waals surface area contributed by atoms with E-state index < -0.39 is 0 Å². The second-order valence-electron chi connectivity index (χ2n) is 4.76. The molecule has 0 nitrogen and oxygen atoms in total. The van der Waals surface area contributed by atoms with Gasteiger partial charge in [-0.2, -0.15) is 0 Å². The van der Waals surface area contributed by atoms with E-state index in [1.54, 1.807) is 5.56 Å². The van der Waals surface area contributed by atoms with E-state index in [1.165, 1.54) is 29.2 Å². The van der Waals surface area contributed by atoms with Crippen LogP contribution in [0.25, 0.3) is 10.8 Å². The van der Waals surface area contributed by atoms with Crippen molar-refractivity contribution < 1.29 is 0 Å². The molecule has 16 heavy (non-hydrogen) atoms. The monoisotopic (exact) mass is 212 g/mol. The summed E-state index contributed by atoms with van der Waals surface area (Å²) in [5.74, 6) is 0.617. The molecule has 2 aromatic rings. The van der Waals surface area contributed by atoms with E-state index in [2.05, 4.69) is 57.2 Å². The zero-order valence-corrected chi connectivity index (χ0v) is 10.5. The zero-order chi connectivity index (χ0) is 11.5. The van der Waals surface area contributed by atoms with Crippen LogP contribution in [0.5, 0.6) is 0 Å². The molecule has 0 aliphatic carbocycles. The molecule has 2 aromatic carbocycles. The molecule has 0 heteroatoms. The SMILES string of the molecule is CCCc1c(C(C)C)ccc2ccccc12. The second-order valence-corrected chi connectivity index (χ2v) is 4.76. The van der Waals surface area contributed by atoms with Crippen molar-refractivity contribution in [1.82, 2.24) is 0 Å². The largest absolute Gasteiger partial charge is 0.0651 e. The van der Waals surface area contributed by atoms with Gasteiger partial charge in [-0.1, -0.05) is 63.6 Å². The van der Waals surface area contributed by atoms with Gasteiger partial charge in [-0.05, 0) is 34.2 Å². The van der Waals surface area contributed by atoms with Gasteiger partial charge in [0.25, 0.3) is 0 Å². The number of hydrogen-bond acceptors (Lipinski definition) is 0. The van der Waals surface area contributed by atoms with Gasteiger partial charge in [0.2, 0.25) is 0 Å². The Morgan fingerprint density at radius 3 is 2.44 bits per heavy atom. The Balaban J connectivity index is 2.68. The zero-order valence-electron chi connectivity index (χ0n) is 10.5. The molecule has 84 valence electrons. The molecule has 0 unspecified atom stereocenters. The first-order valence-electron chi connectivity index (χ1n) is 6.24. The fourth-order valence-electron chi connectivity index (χ4n) is 2.42. The van der Waals surface area contributed by atoms with Gasteiger partial charge >= 0.3 is 0 Å². The Hall–Kier alpha value is -1.30. The van der Waals surface area contributed by atoms with E-state index in [9.17, 15) is 0 Å². The number of aryl methyl sites for hydroxylation is 1. The molecule has 0 bridgehead atoms. The summed E-state index contributed by atoms with van der Waals surface area (Å²) in [7, 11) is 0. The quantitative estimate of drug-likeness (QED) is 0.677. The fraction of sp³-hybridized carbons (Fsp3) is 0.375. The Morgan fingerprint density at radius 2 is 1.75 bits per heavy atom. The average Bonchev–Trinajstić information content (AvgIpc) is 2.29. The molecule has 0 aliphatic rings. The average molecular weight is 212 g/mol. The number of benzene rings is 2. The summed E-state index contributed by atoms with van der Waals surface area (Å²) in [5.41, 5.74) is 3.07. The molecular weight excluding hydrogens is 192 g/mol. The summed E-state index contributed by atoms with van der Waals surface area (Å²) < 4.78 is 0. The molecule has 0 aromatic heterocycles. The van der Waals surface area contributed by atoms with Gasteiger partial charge in [0.05, 0.1) is 0 Å². The summed E-state index contributed by atoms with van der Waals surface area (Å²) in [6, 6.07) is 13.3. The molecule has 0 atom stereocenters. The Bertz CT molecular complexity index is 480. The lowest BCUT2D eigenvalue weighted by Gasteiger charge is -2.15. The molecule has 0 N–H and O–H groups in total. The smallest absolute Gasteiger partial charge is 0.0149 e. The molecule has 0 aliphatic heterocycles. The molecule has 0 amide bonds. The molecule has 0 heterocycles. The van der Waals surface area contributed by atoms with Gasteiger partial charge in [0, 0.05) is 0 Å². The van der Waals surface area contributed by atoms with Crippen LogP contribution in [0.2, 0.25) is 0 Å².